The second-order valence-corrected chi connectivity index (χ2v) is 8.57. The fourth-order valence-electron chi connectivity index (χ4n) is 3.27. The summed E-state index contributed by atoms with van der Waals surface area (Å²) in [6.45, 7) is 6.07. The van der Waals surface area contributed by atoms with Crippen molar-refractivity contribution < 1.29 is 15.0 Å². The minimum absolute atomic E-state index is 0.167. The van der Waals surface area contributed by atoms with E-state index in [4.69, 9.17) is 11.6 Å². The van der Waals surface area contributed by atoms with E-state index in [9.17, 15) is 15.0 Å². The number of phenolic OH excluding ortho intramolecular Hbond substituents is 1. The van der Waals surface area contributed by atoms with Crippen molar-refractivity contribution in [3.63, 3.8) is 0 Å². The van der Waals surface area contributed by atoms with Crippen molar-refractivity contribution in [3.05, 3.63) is 64.8 Å². The number of carbonyl (C=O) groups excluding carboxylic acids is 1. The Morgan fingerprint density at radius 3 is 2.52 bits per heavy atom. The lowest BCUT2D eigenvalue weighted by atomic mass is 9.94. The molecular formula is C22H26ClN3O3. The molecule has 0 aliphatic carbocycles. The third-order valence-electron chi connectivity index (χ3n) is 4.59. The van der Waals surface area contributed by atoms with Gasteiger partial charge in [-0.2, -0.15) is 0 Å². The average Bonchev–Trinajstić information content (AvgIpc) is 3.02. The van der Waals surface area contributed by atoms with Crippen LogP contribution in [0.5, 0.6) is 5.75 Å². The van der Waals surface area contributed by atoms with Gasteiger partial charge in [-0.05, 0) is 56.2 Å². The molecule has 2 unspecified atom stereocenters. The van der Waals surface area contributed by atoms with E-state index in [0.717, 1.165) is 16.5 Å². The second kappa shape index (κ2) is 8.45. The van der Waals surface area contributed by atoms with Crippen molar-refractivity contribution >= 4 is 28.4 Å². The molecule has 0 saturated heterocycles. The molecule has 29 heavy (non-hydrogen) atoms. The highest BCUT2D eigenvalue weighted by atomic mass is 35.5. The number of H-pyrrole nitrogens is 1. The van der Waals surface area contributed by atoms with Gasteiger partial charge >= 0.3 is 0 Å². The summed E-state index contributed by atoms with van der Waals surface area (Å²) in [4.78, 5) is 16.3. The largest absolute Gasteiger partial charge is 0.508 e. The standard InChI is InChI=1S/C22H26ClN3O3/c1-22(2,3)26-21(29)19(17-12-24-18-10-14(23)6-9-16(17)18)20(28)25-11-13-4-7-15(27)8-5-13/h4-10,12,19,21,24,26-27,29H,11H2,1-3H3,(H,25,28). The molecule has 2 atom stereocenters. The van der Waals surface area contributed by atoms with E-state index in [0.29, 0.717) is 10.6 Å². The first kappa shape index (κ1) is 21.2. The Labute approximate surface area is 174 Å². The normalized spacial score (nSPS) is 14.0. The van der Waals surface area contributed by atoms with Crippen LogP contribution in [-0.2, 0) is 11.3 Å². The summed E-state index contributed by atoms with van der Waals surface area (Å²) in [5.41, 5.74) is 1.94. The Hall–Kier alpha value is -2.54. The van der Waals surface area contributed by atoms with Gasteiger partial charge in [0.15, 0.2) is 0 Å². The van der Waals surface area contributed by atoms with Crippen LogP contribution in [0.1, 0.15) is 37.8 Å². The van der Waals surface area contributed by atoms with Crippen LogP contribution in [0.4, 0.5) is 0 Å². The molecule has 0 saturated carbocycles. The lowest BCUT2D eigenvalue weighted by Gasteiger charge is -2.30. The van der Waals surface area contributed by atoms with Gasteiger partial charge in [-0.1, -0.05) is 29.8 Å². The van der Waals surface area contributed by atoms with E-state index in [-0.39, 0.29) is 23.7 Å². The number of aromatic hydroxyl groups is 1. The summed E-state index contributed by atoms with van der Waals surface area (Å²) in [7, 11) is 0. The highest BCUT2D eigenvalue weighted by molar-refractivity contribution is 6.31. The van der Waals surface area contributed by atoms with E-state index in [1.807, 2.05) is 26.8 Å². The van der Waals surface area contributed by atoms with Crippen LogP contribution in [0.15, 0.2) is 48.7 Å². The zero-order chi connectivity index (χ0) is 21.2. The number of aromatic amines is 1. The first-order valence-electron chi connectivity index (χ1n) is 9.42. The van der Waals surface area contributed by atoms with Gasteiger partial charge in [-0.25, -0.2) is 0 Å². The van der Waals surface area contributed by atoms with Crippen molar-refractivity contribution in [2.45, 2.75) is 45.0 Å². The highest BCUT2D eigenvalue weighted by Crippen LogP contribution is 2.30. The van der Waals surface area contributed by atoms with Crippen LogP contribution in [0.2, 0.25) is 5.02 Å². The van der Waals surface area contributed by atoms with Crippen LogP contribution in [-0.4, -0.2) is 32.9 Å². The topological polar surface area (TPSA) is 97.4 Å². The van der Waals surface area contributed by atoms with Crippen LogP contribution >= 0.6 is 11.6 Å². The number of hydrogen-bond acceptors (Lipinski definition) is 4. The van der Waals surface area contributed by atoms with Gasteiger partial charge in [0, 0.05) is 34.2 Å². The van der Waals surface area contributed by atoms with E-state index < -0.39 is 12.1 Å². The Morgan fingerprint density at radius 2 is 1.86 bits per heavy atom. The third kappa shape index (κ3) is 5.29. The van der Waals surface area contributed by atoms with Gasteiger partial charge in [-0.3, -0.25) is 10.1 Å². The molecule has 0 aliphatic rings. The molecule has 0 spiro atoms. The quantitative estimate of drug-likeness (QED) is 0.397. The predicted octanol–water partition coefficient (Wildman–Crippen LogP) is 3.63. The smallest absolute Gasteiger partial charge is 0.231 e. The maximum absolute atomic E-state index is 13.1. The molecule has 3 aromatic rings. The van der Waals surface area contributed by atoms with Crippen LogP contribution in [0.25, 0.3) is 10.9 Å². The van der Waals surface area contributed by atoms with Crippen molar-refractivity contribution in [2.24, 2.45) is 0 Å². The molecule has 3 rings (SSSR count). The maximum Gasteiger partial charge on any atom is 0.231 e. The molecule has 5 N–H and O–H groups in total. The van der Waals surface area contributed by atoms with E-state index >= 15 is 0 Å². The van der Waals surface area contributed by atoms with Crippen molar-refractivity contribution in [1.82, 2.24) is 15.6 Å². The highest BCUT2D eigenvalue weighted by Gasteiger charge is 2.32. The number of aliphatic hydroxyl groups is 1. The Balaban J connectivity index is 1.89. The van der Waals surface area contributed by atoms with Gasteiger partial charge in [0.05, 0.1) is 0 Å². The summed E-state index contributed by atoms with van der Waals surface area (Å²) in [5, 5.41) is 27.7. The number of amides is 1. The molecule has 1 amide bonds. The maximum atomic E-state index is 13.1. The lowest BCUT2D eigenvalue weighted by molar-refractivity contribution is -0.126. The average molecular weight is 416 g/mol. The number of nitrogens with one attached hydrogen (secondary N) is 3. The Morgan fingerprint density at radius 1 is 1.17 bits per heavy atom. The summed E-state index contributed by atoms with van der Waals surface area (Å²) >= 11 is 6.07. The monoisotopic (exact) mass is 415 g/mol. The lowest BCUT2D eigenvalue weighted by Crippen LogP contribution is -2.50. The molecule has 0 radical (unpaired) electrons. The Kier molecular flexibility index (Phi) is 6.17. The van der Waals surface area contributed by atoms with E-state index in [1.165, 1.54) is 0 Å². The minimum Gasteiger partial charge on any atom is -0.508 e. The SMILES string of the molecule is CC(C)(C)NC(O)C(C(=O)NCc1ccc(O)cc1)c1c[nH]c2cc(Cl)ccc12. The molecule has 6 nitrogen and oxygen atoms in total. The number of rotatable bonds is 6. The van der Waals surface area contributed by atoms with Crippen LogP contribution in [0.3, 0.4) is 0 Å². The van der Waals surface area contributed by atoms with Crippen LogP contribution in [0, 0.1) is 0 Å². The Bertz CT molecular complexity index is 993. The molecule has 1 aromatic heterocycles. The number of hydrogen-bond donors (Lipinski definition) is 5. The van der Waals surface area contributed by atoms with Gasteiger partial charge in [0.1, 0.15) is 17.9 Å². The van der Waals surface area contributed by atoms with Gasteiger partial charge in [0.25, 0.3) is 0 Å². The van der Waals surface area contributed by atoms with Crippen LogP contribution < -0.4 is 10.6 Å². The minimum atomic E-state index is -1.09. The van der Waals surface area contributed by atoms with E-state index in [2.05, 4.69) is 15.6 Å². The fraction of sp³-hybridized carbons (Fsp3) is 0.318. The predicted molar refractivity (Wildman–Crippen MR) is 115 cm³/mol. The summed E-state index contributed by atoms with van der Waals surface area (Å²) in [5.74, 6) is -0.973. The molecule has 0 aliphatic heterocycles. The number of aliphatic hydroxyl groups excluding tert-OH is 1. The molecule has 154 valence electrons. The fourth-order valence-corrected chi connectivity index (χ4v) is 3.44. The van der Waals surface area contributed by atoms with Gasteiger partial charge in [0.2, 0.25) is 5.91 Å². The summed E-state index contributed by atoms with van der Waals surface area (Å²) in [6, 6.07) is 12.0. The number of aromatic nitrogens is 1. The molecule has 0 fully saturated rings. The number of carbonyl (C=O) groups is 1. The first-order valence-corrected chi connectivity index (χ1v) is 9.80. The van der Waals surface area contributed by atoms with Gasteiger partial charge in [-0.15, -0.1) is 0 Å². The van der Waals surface area contributed by atoms with Crippen molar-refractivity contribution in [1.29, 1.82) is 0 Å². The molecule has 1 heterocycles. The van der Waals surface area contributed by atoms with E-state index in [1.54, 1.807) is 42.6 Å². The number of phenols is 1. The van der Waals surface area contributed by atoms with Gasteiger partial charge < -0.3 is 20.5 Å². The zero-order valence-electron chi connectivity index (χ0n) is 16.7. The molecule has 7 heteroatoms. The second-order valence-electron chi connectivity index (χ2n) is 8.14. The molecule has 0 bridgehead atoms. The summed E-state index contributed by atoms with van der Waals surface area (Å²) in [6.07, 6.45) is 0.642. The molecule has 2 aromatic carbocycles. The van der Waals surface area contributed by atoms with Crippen molar-refractivity contribution in [3.8, 4) is 5.75 Å². The number of halogens is 1. The number of fused-ring (bicyclic) bond motifs is 1. The van der Waals surface area contributed by atoms with Crippen molar-refractivity contribution in [2.75, 3.05) is 0 Å². The molecular weight excluding hydrogens is 390 g/mol. The zero-order valence-corrected chi connectivity index (χ0v) is 17.4. The summed E-state index contributed by atoms with van der Waals surface area (Å²) < 4.78 is 0. The first-order chi connectivity index (χ1) is 13.6. The third-order valence-corrected chi connectivity index (χ3v) is 4.83. The number of benzene rings is 2.